The average molecular weight is 414 g/mol. The van der Waals surface area contributed by atoms with Crippen molar-refractivity contribution in [3.05, 3.63) is 95.6 Å². The SMILES string of the molecule is O=C(CCc1ccc(CNCCc2c(-c3ccccc3)[nH]c3ccccc23)cc1)NO. The van der Waals surface area contributed by atoms with E-state index in [4.69, 9.17) is 5.21 Å². The molecule has 0 radical (unpaired) electrons. The van der Waals surface area contributed by atoms with Gasteiger partial charge in [0.15, 0.2) is 0 Å². The maximum Gasteiger partial charge on any atom is 0.243 e. The molecule has 158 valence electrons. The molecule has 0 aliphatic heterocycles. The van der Waals surface area contributed by atoms with Gasteiger partial charge < -0.3 is 10.3 Å². The molecule has 1 aromatic heterocycles. The van der Waals surface area contributed by atoms with Crippen LogP contribution in [0.5, 0.6) is 0 Å². The van der Waals surface area contributed by atoms with Gasteiger partial charge in [0.1, 0.15) is 0 Å². The van der Waals surface area contributed by atoms with Crippen LogP contribution < -0.4 is 10.8 Å². The van der Waals surface area contributed by atoms with E-state index in [2.05, 4.69) is 71.0 Å². The minimum Gasteiger partial charge on any atom is -0.354 e. The molecule has 0 bridgehead atoms. The van der Waals surface area contributed by atoms with E-state index in [1.165, 1.54) is 33.3 Å². The number of aromatic nitrogens is 1. The van der Waals surface area contributed by atoms with E-state index >= 15 is 0 Å². The molecule has 0 saturated heterocycles. The van der Waals surface area contributed by atoms with Gasteiger partial charge in [0.05, 0.1) is 0 Å². The van der Waals surface area contributed by atoms with Gasteiger partial charge in [-0.15, -0.1) is 0 Å². The topological polar surface area (TPSA) is 77.2 Å². The molecule has 4 rings (SSSR count). The lowest BCUT2D eigenvalue weighted by Crippen LogP contribution is -2.18. The Hall–Kier alpha value is -3.41. The van der Waals surface area contributed by atoms with E-state index in [0.29, 0.717) is 6.42 Å². The molecular weight excluding hydrogens is 386 g/mol. The van der Waals surface area contributed by atoms with Crippen molar-refractivity contribution in [3.63, 3.8) is 0 Å². The summed E-state index contributed by atoms with van der Waals surface area (Å²) in [6.07, 6.45) is 1.83. The molecule has 0 spiro atoms. The molecule has 31 heavy (non-hydrogen) atoms. The van der Waals surface area contributed by atoms with Crippen LogP contribution in [0.25, 0.3) is 22.2 Å². The van der Waals surface area contributed by atoms with Crippen molar-refractivity contribution in [2.45, 2.75) is 25.8 Å². The molecular formula is C26H27N3O2. The monoisotopic (exact) mass is 413 g/mol. The van der Waals surface area contributed by atoms with Crippen molar-refractivity contribution in [2.75, 3.05) is 6.54 Å². The summed E-state index contributed by atoms with van der Waals surface area (Å²) in [6, 6.07) is 27.2. The second-order valence-corrected chi connectivity index (χ2v) is 7.67. The third-order valence-corrected chi connectivity index (χ3v) is 5.55. The second-order valence-electron chi connectivity index (χ2n) is 7.67. The van der Waals surface area contributed by atoms with Crippen LogP contribution in [-0.4, -0.2) is 22.6 Å². The van der Waals surface area contributed by atoms with Crippen molar-refractivity contribution in [1.82, 2.24) is 15.8 Å². The fraction of sp³-hybridized carbons (Fsp3) is 0.192. The van der Waals surface area contributed by atoms with E-state index in [1.807, 2.05) is 18.2 Å². The lowest BCUT2D eigenvalue weighted by Gasteiger charge is -2.08. The van der Waals surface area contributed by atoms with Gasteiger partial charge in [0.2, 0.25) is 5.91 Å². The zero-order valence-corrected chi connectivity index (χ0v) is 17.4. The van der Waals surface area contributed by atoms with Crippen LogP contribution >= 0.6 is 0 Å². The second kappa shape index (κ2) is 10.1. The summed E-state index contributed by atoms with van der Waals surface area (Å²) < 4.78 is 0. The number of hydrogen-bond acceptors (Lipinski definition) is 3. The van der Waals surface area contributed by atoms with Gasteiger partial charge in [-0.1, -0.05) is 72.8 Å². The molecule has 5 nitrogen and oxygen atoms in total. The number of para-hydroxylation sites is 1. The number of carbonyl (C=O) groups excluding carboxylic acids is 1. The van der Waals surface area contributed by atoms with Crippen LogP contribution in [0.4, 0.5) is 0 Å². The van der Waals surface area contributed by atoms with Crippen molar-refractivity contribution in [3.8, 4) is 11.3 Å². The highest BCUT2D eigenvalue weighted by Gasteiger charge is 2.12. The summed E-state index contributed by atoms with van der Waals surface area (Å²) in [5.41, 5.74) is 8.86. The first-order valence-electron chi connectivity index (χ1n) is 10.6. The van der Waals surface area contributed by atoms with Gasteiger partial charge in [0.25, 0.3) is 0 Å². The van der Waals surface area contributed by atoms with E-state index < -0.39 is 0 Å². The van der Waals surface area contributed by atoms with Crippen LogP contribution in [0.2, 0.25) is 0 Å². The zero-order valence-electron chi connectivity index (χ0n) is 17.4. The van der Waals surface area contributed by atoms with Gasteiger partial charge in [-0.05, 0) is 47.7 Å². The summed E-state index contributed by atoms with van der Waals surface area (Å²) in [5, 5.41) is 13.4. The van der Waals surface area contributed by atoms with Crippen LogP contribution in [0, 0.1) is 0 Å². The molecule has 1 heterocycles. The maximum absolute atomic E-state index is 11.1. The lowest BCUT2D eigenvalue weighted by atomic mass is 10.0. The smallest absolute Gasteiger partial charge is 0.243 e. The van der Waals surface area contributed by atoms with Crippen molar-refractivity contribution in [2.24, 2.45) is 0 Å². The van der Waals surface area contributed by atoms with E-state index in [0.717, 1.165) is 25.1 Å². The first-order chi connectivity index (χ1) is 15.2. The number of hydrogen-bond donors (Lipinski definition) is 4. The van der Waals surface area contributed by atoms with Crippen LogP contribution in [0.3, 0.4) is 0 Å². The lowest BCUT2D eigenvalue weighted by molar-refractivity contribution is -0.129. The number of rotatable bonds is 9. The molecule has 0 aliphatic rings. The number of nitrogens with one attached hydrogen (secondary N) is 3. The Bertz CT molecular complexity index is 1130. The van der Waals surface area contributed by atoms with Crippen molar-refractivity contribution < 1.29 is 10.0 Å². The molecule has 0 atom stereocenters. The number of hydroxylamine groups is 1. The summed E-state index contributed by atoms with van der Waals surface area (Å²) in [7, 11) is 0. The predicted octanol–water partition coefficient (Wildman–Crippen LogP) is 4.61. The predicted molar refractivity (Wildman–Crippen MR) is 124 cm³/mol. The fourth-order valence-corrected chi connectivity index (χ4v) is 3.89. The number of amides is 1. The highest BCUT2D eigenvalue weighted by molar-refractivity contribution is 5.90. The number of aromatic amines is 1. The highest BCUT2D eigenvalue weighted by atomic mass is 16.5. The molecule has 0 saturated carbocycles. The van der Waals surface area contributed by atoms with Gasteiger partial charge in [-0.25, -0.2) is 5.48 Å². The number of carbonyl (C=O) groups is 1. The third kappa shape index (κ3) is 5.20. The van der Waals surface area contributed by atoms with Gasteiger partial charge >= 0.3 is 0 Å². The molecule has 0 unspecified atom stereocenters. The number of benzene rings is 3. The molecule has 4 aromatic rings. The molecule has 0 fully saturated rings. The van der Waals surface area contributed by atoms with E-state index in [9.17, 15) is 4.79 Å². The average Bonchev–Trinajstić information content (AvgIpc) is 3.20. The molecule has 4 N–H and O–H groups in total. The van der Waals surface area contributed by atoms with Gasteiger partial charge in [-0.3, -0.25) is 10.0 Å². The molecule has 0 aliphatic carbocycles. The fourth-order valence-electron chi connectivity index (χ4n) is 3.89. The Balaban J connectivity index is 1.37. The van der Waals surface area contributed by atoms with Crippen molar-refractivity contribution in [1.29, 1.82) is 0 Å². The van der Waals surface area contributed by atoms with Crippen LogP contribution in [-0.2, 0) is 24.2 Å². The molecule has 1 amide bonds. The minimum absolute atomic E-state index is 0.280. The number of H-pyrrole nitrogens is 1. The standard InChI is InChI=1S/C26H27N3O2/c30-25(29-31)15-14-19-10-12-20(13-11-19)18-27-17-16-23-22-8-4-5-9-24(22)28-26(23)21-6-2-1-3-7-21/h1-13,27-28,31H,14-18H2,(H,29,30). The molecule has 3 aromatic carbocycles. The Morgan fingerprint density at radius 1 is 0.839 bits per heavy atom. The summed E-state index contributed by atoms with van der Waals surface area (Å²) in [5.74, 6) is -0.363. The van der Waals surface area contributed by atoms with E-state index in [1.54, 1.807) is 5.48 Å². The van der Waals surface area contributed by atoms with Gasteiger partial charge in [0, 0.05) is 29.6 Å². The number of fused-ring (bicyclic) bond motifs is 1. The summed E-state index contributed by atoms with van der Waals surface area (Å²) in [4.78, 5) is 14.7. The third-order valence-electron chi connectivity index (χ3n) is 5.55. The number of aryl methyl sites for hydroxylation is 1. The van der Waals surface area contributed by atoms with E-state index in [-0.39, 0.29) is 12.3 Å². The first kappa shape index (κ1) is 20.8. The van der Waals surface area contributed by atoms with Crippen molar-refractivity contribution >= 4 is 16.8 Å². The Labute approximate surface area is 182 Å². The minimum atomic E-state index is -0.363. The first-order valence-corrected chi connectivity index (χ1v) is 10.6. The maximum atomic E-state index is 11.1. The van der Waals surface area contributed by atoms with Crippen LogP contribution in [0.1, 0.15) is 23.1 Å². The van der Waals surface area contributed by atoms with Gasteiger partial charge in [-0.2, -0.15) is 0 Å². The highest BCUT2D eigenvalue weighted by Crippen LogP contribution is 2.30. The zero-order chi connectivity index (χ0) is 21.5. The Kier molecular flexibility index (Phi) is 6.77. The summed E-state index contributed by atoms with van der Waals surface area (Å²) in [6.45, 7) is 1.67. The summed E-state index contributed by atoms with van der Waals surface area (Å²) >= 11 is 0. The Morgan fingerprint density at radius 3 is 2.32 bits per heavy atom. The largest absolute Gasteiger partial charge is 0.354 e. The Morgan fingerprint density at radius 2 is 1.55 bits per heavy atom. The molecule has 5 heteroatoms. The van der Waals surface area contributed by atoms with Crippen LogP contribution in [0.15, 0.2) is 78.9 Å². The normalized spacial score (nSPS) is 11.0. The quantitative estimate of drug-likeness (QED) is 0.184.